The van der Waals surface area contributed by atoms with Gasteiger partial charge in [0.25, 0.3) is 0 Å². The smallest absolute Gasteiger partial charge is 0.248 e. The standard InChI is InChI=1S/C12H14N2O/c1-14-8-3-2-5-10-6-4-7-11(9-10)12(13)15/h4,6-7,9,14H,3,8H2,1H3,(H2,13,15). The normalized spacial score (nSPS) is 9.13. The van der Waals surface area contributed by atoms with Gasteiger partial charge in [0.05, 0.1) is 0 Å². The molecular weight excluding hydrogens is 188 g/mol. The number of nitrogens with two attached hydrogens (primary N) is 1. The van der Waals surface area contributed by atoms with Crippen LogP contribution in [0.2, 0.25) is 0 Å². The molecule has 0 spiro atoms. The monoisotopic (exact) mass is 202 g/mol. The average Bonchev–Trinajstić information content (AvgIpc) is 2.25. The highest BCUT2D eigenvalue weighted by molar-refractivity contribution is 5.93. The molecule has 1 aromatic rings. The molecule has 3 heteroatoms. The number of hydrogen-bond acceptors (Lipinski definition) is 2. The van der Waals surface area contributed by atoms with Gasteiger partial charge >= 0.3 is 0 Å². The first-order valence-electron chi connectivity index (χ1n) is 4.77. The topological polar surface area (TPSA) is 55.1 Å². The van der Waals surface area contributed by atoms with Crippen molar-refractivity contribution in [2.75, 3.05) is 13.6 Å². The van der Waals surface area contributed by atoms with E-state index in [0.29, 0.717) is 5.56 Å². The van der Waals surface area contributed by atoms with Gasteiger partial charge in [-0.3, -0.25) is 4.79 Å². The Bertz CT molecular complexity index is 402. The van der Waals surface area contributed by atoms with Crippen LogP contribution in [-0.2, 0) is 0 Å². The summed E-state index contributed by atoms with van der Waals surface area (Å²) in [6, 6.07) is 7.02. The van der Waals surface area contributed by atoms with E-state index in [1.54, 1.807) is 18.2 Å². The van der Waals surface area contributed by atoms with Crippen molar-refractivity contribution in [3.05, 3.63) is 35.4 Å². The van der Waals surface area contributed by atoms with Crippen LogP contribution in [0.1, 0.15) is 22.3 Å². The van der Waals surface area contributed by atoms with E-state index in [4.69, 9.17) is 5.73 Å². The van der Waals surface area contributed by atoms with E-state index in [1.807, 2.05) is 13.1 Å². The van der Waals surface area contributed by atoms with Gasteiger partial charge in [0.1, 0.15) is 0 Å². The summed E-state index contributed by atoms with van der Waals surface area (Å²) in [5.41, 5.74) is 6.48. The lowest BCUT2D eigenvalue weighted by atomic mass is 10.1. The second kappa shape index (κ2) is 5.84. The SMILES string of the molecule is CNCCC#Cc1cccc(C(N)=O)c1. The van der Waals surface area contributed by atoms with Crippen LogP contribution in [0.15, 0.2) is 24.3 Å². The Labute approximate surface area is 89.7 Å². The van der Waals surface area contributed by atoms with Gasteiger partial charge in [-0.15, -0.1) is 0 Å². The van der Waals surface area contributed by atoms with Crippen LogP contribution in [0, 0.1) is 11.8 Å². The molecular formula is C12H14N2O. The Kier molecular flexibility index (Phi) is 4.39. The summed E-state index contributed by atoms with van der Waals surface area (Å²) < 4.78 is 0. The zero-order chi connectivity index (χ0) is 11.1. The van der Waals surface area contributed by atoms with Crippen molar-refractivity contribution < 1.29 is 4.79 Å². The van der Waals surface area contributed by atoms with Crippen LogP contribution in [-0.4, -0.2) is 19.5 Å². The number of carbonyl (C=O) groups excluding carboxylic acids is 1. The minimum absolute atomic E-state index is 0.422. The van der Waals surface area contributed by atoms with Crippen molar-refractivity contribution in [3.8, 4) is 11.8 Å². The fraction of sp³-hybridized carbons (Fsp3) is 0.250. The Balaban J connectivity index is 2.72. The number of carbonyl (C=O) groups is 1. The lowest BCUT2D eigenvalue weighted by Crippen LogP contribution is -2.10. The zero-order valence-electron chi connectivity index (χ0n) is 8.71. The van der Waals surface area contributed by atoms with Crippen molar-refractivity contribution in [2.45, 2.75) is 6.42 Å². The van der Waals surface area contributed by atoms with Gasteiger partial charge in [-0.1, -0.05) is 17.9 Å². The first-order chi connectivity index (χ1) is 7.24. The molecule has 3 nitrogen and oxygen atoms in total. The number of rotatable bonds is 3. The van der Waals surface area contributed by atoms with Gasteiger partial charge < -0.3 is 11.1 Å². The van der Waals surface area contributed by atoms with Gasteiger partial charge in [0.2, 0.25) is 5.91 Å². The molecule has 0 aliphatic carbocycles. The highest BCUT2D eigenvalue weighted by Crippen LogP contribution is 2.02. The second-order valence-electron chi connectivity index (χ2n) is 3.10. The van der Waals surface area contributed by atoms with E-state index >= 15 is 0 Å². The highest BCUT2D eigenvalue weighted by Gasteiger charge is 1.98. The predicted molar refractivity (Wildman–Crippen MR) is 60.4 cm³/mol. The largest absolute Gasteiger partial charge is 0.366 e. The third-order valence-corrected chi connectivity index (χ3v) is 1.88. The van der Waals surface area contributed by atoms with Crippen molar-refractivity contribution >= 4 is 5.91 Å². The number of hydrogen-bond donors (Lipinski definition) is 2. The lowest BCUT2D eigenvalue weighted by molar-refractivity contribution is 0.100. The molecule has 0 radical (unpaired) electrons. The van der Waals surface area contributed by atoms with Crippen LogP contribution in [0.5, 0.6) is 0 Å². The van der Waals surface area contributed by atoms with E-state index in [2.05, 4.69) is 17.2 Å². The molecule has 1 rings (SSSR count). The molecule has 0 heterocycles. The van der Waals surface area contributed by atoms with Gasteiger partial charge in [-0.2, -0.15) is 0 Å². The molecule has 15 heavy (non-hydrogen) atoms. The second-order valence-corrected chi connectivity index (χ2v) is 3.10. The maximum Gasteiger partial charge on any atom is 0.248 e. The lowest BCUT2D eigenvalue weighted by Gasteiger charge is -1.95. The molecule has 0 unspecified atom stereocenters. The molecule has 3 N–H and O–H groups in total. The van der Waals surface area contributed by atoms with E-state index in [1.165, 1.54) is 0 Å². The quantitative estimate of drug-likeness (QED) is 0.561. The van der Waals surface area contributed by atoms with Gasteiger partial charge in [-0.25, -0.2) is 0 Å². The Morgan fingerprint density at radius 2 is 2.33 bits per heavy atom. The first-order valence-corrected chi connectivity index (χ1v) is 4.77. The Hall–Kier alpha value is -1.79. The molecule has 0 atom stereocenters. The summed E-state index contributed by atoms with van der Waals surface area (Å²) in [4.78, 5) is 10.9. The fourth-order valence-electron chi connectivity index (χ4n) is 1.10. The fourth-order valence-corrected chi connectivity index (χ4v) is 1.10. The summed E-state index contributed by atoms with van der Waals surface area (Å²) in [6.45, 7) is 0.864. The minimum Gasteiger partial charge on any atom is -0.366 e. The van der Waals surface area contributed by atoms with E-state index < -0.39 is 5.91 Å². The third-order valence-electron chi connectivity index (χ3n) is 1.88. The van der Waals surface area contributed by atoms with Crippen LogP contribution in [0.4, 0.5) is 0 Å². The first kappa shape index (κ1) is 11.3. The van der Waals surface area contributed by atoms with Gasteiger partial charge in [0.15, 0.2) is 0 Å². The molecule has 0 saturated heterocycles. The summed E-state index contributed by atoms with van der Waals surface area (Å²) >= 11 is 0. The summed E-state index contributed by atoms with van der Waals surface area (Å²) in [5, 5.41) is 3.01. The number of nitrogens with one attached hydrogen (secondary N) is 1. The van der Waals surface area contributed by atoms with E-state index in [-0.39, 0.29) is 0 Å². The van der Waals surface area contributed by atoms with Crippen molar-refractivity contribution in [2.24, 2.45) is 5.73 Å². The summed E-state index contributed by atoms with van der Waals surface area (Å²) in [5.74, 6) is 5.56. The van der Waals surface area contributed by atoms with Crippen LogP contribution in [0.3, 0.4) is 0 Å². The molecule has 0 saturated carbocycles. The number of primary amides is 1. The van der Waals surface area contributed by atoms with Crippen molar-refractivity contribution in [3.63, 3.8) is 0 Å². The number of amides is 1. The highest BCUT2D eigenvalue weighted by atomic mass is 16.1. The van der Waals surface area contributed by atoms with Crippen molar-refractivity contribution in [1.82, 2.24) is 5.32 Å². The van der Waals surface area contributed by atoms with Crippen LogP contribution < -0.4 is 11.1 Å². The molecule has 0 aliphatic heterocycles. The molecule has 1 aromatic carbocycles. The molecule has 0 aliphatic rings. The molecule has 0 bridgehead atoms. The number of benzene rings is 1. The summed E-state index contributed by atoms with van der Waals surface area (Å²) in [7, 11) is 1.88. The Morgan fingerprint density at radius 3 is 3.00 bits per heavy atom. The molecule has 0 fully saturated rings. The van der Waals surface area contributed by atoms with Gasteiger partial charge in [0, 0.05) is 24.1 Å². The summed E-state index contributed by atoms with van der Waals surface area (Å²) in [6.07, 6.45) is 0.789. The van der Waals surface area contributed by atoms with E-state index in [9.17, 15) is 4.79 Å². The third kappa shape index (κ3) is 3.84. The maximum absolute atomic E-state index is 10.9. The van der Waals surface area contributed by atoms with Crippen molar-refractivity contribution in [1.29, 1.82) is 0 Å². The van der Waals surface area contributed by atoms with Gasteiger partial charge in [-0.05, 0) is 25.2 Å². The maximum atomic E-state index is 10.9. The molecule has 78 valence electrons. The Morgan fingerprint density at radius 1 is 1.53 bits per heavy atom. The zero-order valence-corrected chi connectivity index (χ0v) is 8.71. The molecule has 0 aromatic heterocycles. The molecule has 1 amide bonds. The average molecular weight is 202 g/mol. The minimum atomic E-state index is -0.422. The van der Waals surface area contributed by atoms with Crippen LogP contribution in [0.25, 0.3) is 0 Å². The van der Waals surface area contributed by atoms with E-state index in [0.717, 1.165) is 18.5 Å². The predicted octanol–water partition coefficient (Wildman–Crippen LogP) is 0.747. The van der Waals surface area contributed by atoms with Crippen LogP contribution >= 0.6 is 0 Å².